The molecule has 1 saturated heterocycles. The molecule has 3 heterocycles. The summed E-state index contributed by atoms with van der Waals surface area (Å²) in [7, 11) is 0. The lowest BCUT2D eigenvalue weighted by Gasteiger charge is -2.41. The van der Waals surface area contributed by atoms with Crippen LogP contribution < -0.4 is 4.87 Å². The second kappa shape index (κ2) is 9.16. The van der Waals surface area contributed by atoms with Crippen molar-refractivity contribution in [2.75, 3.05) is 6.61 Å². The minimum absolute atomic E-state index is 0.0387. The van der Waals surface area contributed by atoms with Gasteiger partial charge >= 0.3 is 4.87 Å². The molecule has 1 aliphatic heterocycles. The topological polar surface area (TPSA) is 133 Å². The summed E-state index contributed by atoms with van der Waals surface area (Å²) < 4.78 is 21.2. The van der Waals surface area contributed by atoms with E-state index in [1.54, 1.807) is 5.38 Å². The number of rotatable bonds is 5. The number of aliphatic hydroxyl groups is 3. The van der Waals surface area contributed by atoms with E-state index >= 15 is 0 Å². The monoisotopic (exact) mass is 508 g/mol. The van der Waals surface area contributed by atoms with Crippen LogP contribution >= 0.6 is 46.3 Å². The first kappa shape index (κ1) is 22.7. The maximum Gasteiger partial charge on any atom is 0.304 e. The maximum absolute atomic E-state index is 14.3. The molecule has 4 rings (SSSR count). The third-order valence-electron chi connectivity index (χ3n) is 4.68. The first-order valence-electron chi connectivity index (χ1n) is 8.82. The van der Waals surface area contributed by atoms with Crippen molar-refractivity contribution in [3.05, 3.63) is 49.2 Å². The largest absolute Gasteiger partial charge is 0.394 e. The Bertz CT molecular complexity index is 1140. The quantitative estimate of drug-likeness (QED) is 0.384. The van der Waals surface area contributed by atoms with Crippen molar-refractivity contribution in [1.29, 1.82) is 0 Å². The van der Waals surface area contributed by atoms with Gasteiger partial charge in [-0.15, -0.1) is 5.10 Å². The summed E-state index contributed by atoms with van der Waals surface area (Å²) in [6.45, 7) is -0.551. The fourth-order valence-electron chi connectivity index (χ4n) is 3.15. The Morgan fingerprint density at radius 3 is 2.71 bits per heavy atom. The van der Waals surface area contributed by atoms with E-state index in [0.717, 1.165) is 29.2 Å². The summed E-state index contributed by atoms with van der Waals surface area (Å²) >= 11 is 13.6. The molecule has 0 spiro atoms. The van der Waals surface area contributed by atoms with E-state index in [4.69, 9.17) is 27.9 Å². The zero-order chi connectivity index (χ0) is 22.3. The molecule has 0 aliphatic carbocycles. The number of aromatic nitrogens is 4. The minimum atomic E-state index is -1.37. The third-order valence-corrected chi connectivity index (χ3v) is 7.26. The van der Waals surface area contributed by atoms with Crippen molar-refractivity contribution in [3.8, 4) is 11.4 Å². The van der Waals surface area contributed by atoms with Gasteiger partial charge in [-0.1, -0.05) is 51.5 Å². The van der Waals surface area contributed by atoms with Gasteiger partial charge in [-0.25, -0.2) is 9.07 Å². The van der Waals surface area contributed by atoms with E-state index in [0.29, 0.717) is 11.4 Å². The Morgan fingerprint density at radius 1 is 1.29 bits per heavy atom. The molecule has 14 heteroatoms. The Hall–Kier alpha value is -1.51. The van der Waals surface area contributed by atoms with Gasteiger partial charge in [0.15, 0.2) is 0 Å². The minimum Gasteiger partial charge on any atom is -0.394 e. The predicted octanol–water partition coefficient (Wildman–Crippen LogP) is 1.91. The smallest absolute Gasteiger partial charge is 0.304 e. The van der Waals surface area contributed by atoms with Gasteiger partial charge in [-0.2, -0.15) is 0 Å². The number of ether oxygens (including phenoxy) is 1. The van der Waals surface area contributed by atoms with Crippen molar-refractivity contribution >= 4 is 46.3 Å². The molecule has 1 aliphatic rings. The first-order chi connectivity index (χ1) is 14.8. The highest BCUT2D eigenvalue weighted by molar-refractivity contribution is 7.99. The predicted molar refractivity (Wildman–Crippen MR) is 113 cm³/mol. The highest BCUT2D eigenvalue weighted by Crippen LogP contribution is 2.40. The number of thiazole rings is 1. The lowest BCUT2D eigenvalue weighted by Crippen LogP contribution is -2.55. The number of thioether (sulfide) groups is 1. The van der Waals surface area contributed by atoms with Crippen LogP contribution in [0.15, 0.2) is 33.4 Å². The molecule has 0 amide bonds. The van der Waals surface area contributed by atoms with Gasteiger partial charge < -0.3 is 25.0 Å². The maximum atomic E-state index is 14.3. The summed E-state index contributed by atoms with van der Waals surface area (Å²) in [5.41, 5.74) is -0.324. The van der Waals surface area contributed by atoms with Crippen molar-refractivity contribution in [3.63, 3.8) is 0 Å². The number of aromatic amines is 1. The summed E-state index contributed by atoms with van der Waals surface area (Å²) in [6, 6.07) is 1.28. The van der Waals surface area contributed by atoms with Crippen LogP contribution in [0.1, 0.15) is 6.04 Å². The summed E-state index contributed by atoms with van der Waals surface area (Å²) in [6.07, 6.45) is -2.35. The second-order valence-corrected chi connectivity index (χ2v) is 9.45. The number of nitrogens with one attached hydrogen (secondary N) is 1. The van der Waals surface area contributed by atoms with E-state index in [-0.39, 0.29) is 19.8 Å². The van der Waals surface area contributed by atoms with Crippen LogP contribution in [0.5, 0.6) is 0 Å². The van der Waals surface area contributed by atoms with Crippen molar-refractivity contribution in [1.82, 2.24) is 20.0 Å². The lowest BCUT2D eigenvalue weighted by atomic mass is 9.97. The van der Waals surface area contributed by atoms with E-state index in [2.05, 4.69) is 15.3 Å². The number of benzene rings is 1. The van der Waals surface area contributed by atoms with Crippen molar-refractivity contribution in [2.24, 2.45) is 0 Å². The SMILES string of the molecule is O=c1[nH]c(-c2cn([C@@H]3C(O)[C@@H](Sc4cc(Cl)c(Cl)cc4F)OC(CO)[C@@H]3O)nn2)cs1. The molecular weight excluding hydrogens is 494 g/mol. The fourth-order valence-corrected chi connectivity index (χ4v) is 5.21. The van der Waals surface area contributed by atoms with Gasteiger partial charge in [0.2, 0.25) is 0 Å². The van der Waals surface area contributed by atoms with Gasteiger partial charge in [0.05, 0.1) is 28.5 Å². The number of hydrogen-bond acceptors (Lipinski definition) is 9. The average molecular weight is 509 g/mol. The van der Waals surface area contributed by atoms with Crippen LogP contribution in [0.3, 0.4) is 0 Å². The highest BCUT2D eigenvalue weighted by Gasteiger charge is 2.46. The number of halogens is 3. The van der Waals surface area contributed by atoms with Crippen LogP contribution in [0, 0.1) is 5.82 Å². The molecule has 1 aromatic carbocycles. The van der Waals surface area contributed by atoms with E-state index in [9.17, 15) is 24.5 Å². The van der Waals surface area contributed by atoms with Crippen LogP contribution in [-0.4, -0.2) is 65.7 Å². The number of aliphatic hydroxyl groups excluding tert-OH is 3. The summed E-state index contributed by atoms with van der Waals surface area (Å²) in [5.74, 6) is -0.664. The van der Waals surface area contributed by atoms with Crippen LogP contribution in [0.25, 0.3) is 11.4 Å². The molecule has 1 fully saturated rings. The number of H-pyrrole nitrogens is 1. The highest BCUT2D eigenvalue weighted by atomic mass is 35.5. The molecule has 2 unspecified atom stereocenters. The van der Waals surface area contributed by atoms with Crippen LogP contribution in [-0.2, 0) is 4.74 Å². The lowest BCUT2D eigenvalue weighted by molar-refractivity contribution is -0.178. The molecule has 0 bridgehead atoms. The van der Waals surface area contributed by atoms with Gasteiger partial charge in [-0.05, 0) is 12.1 Å². The first-order valence-corrected chi connectivity index (χ1v) is 11.3. The molecule has 3 aromatic rings. The average Bonchev–Trinajstić information content (AvgIpc) is 3.37. The molecule has 2 aromatic heterocycles. The number of nitrogens with zero attached hydrogens (tertiary/aromatic N) is 3. The Kier molecular flexibility index (Phi) is 6.70. The van der Waals surface area contributed by atoms with Crippen molar-refractivity contribution in [2.45, 2.75) is 34.7 Å². The van der Waals surface area contributed by atoms with Gasteiger partial charge in [0.25, 0.3) is 0 Å². The molecule has 0 saturated carbocycles. The molecule has 9 nitrogen and oxygen atoms in total. The third kappa shape index (κ3) is 4.52. The molecule has 4 N–H and O–H groups in total. The normalized spacial score (nSPS) is 26.3. The van der Waals surface area contributed by atoms with E-state index in [1.807, 2.05) is 0 Å². The summed E-state index contributed by atoms with van der Waals surface area (Å²) in [4.78, 5) is 13.8. The number of hydrogen-bond donors (Lipinski definition) is 4. The van der Waals surface area contributed by atoms with Gasteiger partial charge in [-0.3, -0.25) is 4.79 Å². The zero-order valence-corrected chi connectivity index (χ0v) is 18.5. The van der Waals surface area contributed by atoms with E-state index in [1.165, 1.54) is 16.9 Å². The van der Waals surface area contributed by atoms with Crippen LogP contribution in [0.2, 0.25) is 10.0 Å². The molecule has 31 heavy (non-hydrogen) atoms. The Morgan fingerprint density at radius 2 is 2.03 bits per heavy atom. The zero-order valence-electron chi connectivity index (χ0n) is 15.4. The molecule has 166 valence electrons. The molecule has 5 atom stereocenters. The molecule has 0 radical (unpaired) electrons. The summed E-state index contributed by atoms with van der Waals surface area (Å²) in [5, 5.41) is 40.8. The van der Waals surface area contributed by atoms with Crippen molar-refractivity contribution < 1.29 is 24.4 Å². The van der Waals surface area contributed by atoms with E-state index < -0.39 is 42.2 Å². The Balaban J connectivity index is 1.64. The molecular formula is C17H15Cl2FN4O5S2. The van der Waals surface area contributed by atoms with Gasteiger partial charge in [0, 0.05) is 10.3 Å². The second-order valence-electron chi connectivity index (χ2n) is 6.66. The fraction of sp³-hybridized carbons (Fsp3) is 0.353. The van der Waals surface area contributed by atoms with Crippen LogP contribution in [0.4, 0.5) is 4.39 Å². The standard InChI is InChI=1S/C17H15Cl2FN4O5S2/c18-6-1-8(20)12(2-7(6)19)31-16-15(27)13(14(26)11(4-25)29-16)24-3-9(22-23-24)10-5-30-17(28)21-10/h1-3,5,11,13-16,25-27H,4H2,(H,21,28)/t11?,13-,14-,15?,16+/m0/s1. The Labute approximate surface area is 192 Å². The van der Waals surface area contributed by atoms with Gasteiger partial charge in [0.1, 0.15) is 41.3 Å².